The third-order valence-corrected chi connectivity index (χ3v) is 4.20. The fourth-order valence-electron chi connectivity index (χ4n) is 2.01. The van der Waals surface area contributed by atoms with Crippen LogP contribution in [0.5, 0.6) is 0 Å². The first-order valence-corrected chi connectivity index (χ1v) is 7.00. The number of nitrogens with two attached hydrogens (primary N) is 1. The van der Waals surface area contributed by atoms with Crippen LogP contribution in [0.1, 0.15) is 38.9 Å². The summed E-state index contributed by atoms with van der Waals surface area (Å²) in [4.78, 5) is 17.5. The lowest BCUT2D eigenvalue weighted by Gasteiger charge is -2.14. The van der Waals surface area contributed by atoms with Gasteiger partial charge in [0, 0.05) is 10.6 Å². The molecule has 1 aromatic heterocycles. The predicted molar refractivity (Wildman–Crippen MR) is 78.3 cm³/mol. The molecule has 1 heterocycles. The Bertz CT molecular complexity index is 654. The number of carbonyl (C=O) groups is 1. The molecule has 0 bridgehead atoms. The van der Waals surface area contributed by atoms with E-state index in [0.717, 1.165) is 21.6 Å². The van der Waals surface area contributed by atoms with E-state index in [1.54, 1.807) is 0 Å². The number of anilines is 1. The van der Waals surface area contributed by atoms with Crippen LogP contribution >= 0.6 is 11.3 Å². The van der Waals surface area contributed by atoms with E-state index in [-0.39, 0.29) is 23.2 Å². The number of hydrogen-bond acceptors (Lipinski definition) is 4. The molecular weight excluding hydrogens is 277 g/mol. The van der Waals surface area contributed by atoms with Gasteiger partial charge in [-0.25, -0.2) is 9.37 Å². The largest absolute Gasteiger partial charge is 0.398 e. The highest BCUT2D eigenvalue weighted by Gasteiger charge is 2.18. The molecule has 20 heavy (non-hydrogen) atoms. The molecule has 0 aliphatic heterocycles. The number of nitrogens with zero attached hydrogens (tertiary/aromatic N) is 1. The molecule has 4 nitrogen and oxygen atoms in total. The number of thiazole rings is 1. The van der Waals surface area contributed by atoms with E-state index < -0.39 is 5.82 Å². The van der Waals surface area contributed by atoms with Crippen molar-refractivity contribution < 1.29 is 9.18 Å². The zero-order chi connectivity index (χ0) is 14.9. The van der Waals surface area contributed by atoms with E-state index in [1.807, 2.05) is 20.8 Å². The highest BCUT2D eigenvalue weighted by Crippen LogP contribution is 2.25. The van der Waals surface area contributed by atoms with Crippen molar-refractivity contribution in [1.82, 2.24) is 10.3 Å². The van der Waals surface area contributed by atoms with E-state index in [4.69, 9.17) is 5.73 Å². The van der Waals surface area contributed by atoms with Gasteiger partial charge in [0.1, 0.15) is 5.82 Å². The average Bonchev–Trinajstić information content (AvgIpc) is 2.71. The Morgan fingerprint density at radius 2 is 2.15 bits per heavy atom. The van der Waals surface area contributed by atoms with Gasteiger partial charge in [-0.15, -0.1) is 11.3 Å². The summed E-state index contributed by atoms with van der Waals surface area (Å²) < 4.78 is 13.2. The summed E-state index contributed by atoms with van der Waals surface area (Å²) >= 11 is 1.54. The maximum absolute atomic E-state index is 13.2. The molecular formula is C14H16FN3OS. The fraction of sp³-hybridized carbons (Fsp3) is 0.286. The molecule has 0 spiro atoms. The number of aromatic nitrogens is 1. The van der Waals surface area contributed by atoms with Crippen LogP contribution in [0.25, 0.3) is 0 Å². The van der Waals surface area contributed by atoms with Crippen LogP contribution < -0.4 is 11.1 Å². The summed E-state index contributed by atoms with van der Waals surface area (Å²) in [6, 6.07) is 3.56. The third-order valence-electron chi connectivity index (χ3n) is 2.94. The lowest BCUT2D eigenvalue weighted by atomic mass is 10.1. The average molecular weight is 293 g/mol. The molecule has 0 saturated carbocycles. The van der Waals surface area contributed by atoms with Gasteiger partial charge in [0.2, 0.25) is 0 Å². The van der Waals surface area contributed by atoms with Crippen molar-refractivity contribution in [3.63, 3.8) is 0 Å². The van der Waals surface area contributed by atoms with Crippen LogP contribution in [0.4, 0.5) is 10.1 Å². The molecule has 1 atom stereocenters. The van der Waals surface area contributed by atoms with Crippen LogP contribution in [0, 0.1) is 19.7 Å². The maximum Gasteiger partial charge on any atom is 0.253 e. The number of benzene rings is 1. The molecule has 1 amide bonds. The van der Waals surface area contributed by atoms with Crippen molar-refractivity contribution in [1.29, 1.82) is 0 Å². The zero-order valence-electron chi connectivity index (χ0n) is 11.5. The topological polar surface area (TPSA) is 68.0 Å². The first kappa shape index (κ1) is 14.5. The summed E-state index contributed by atoms with van der Waals surface area (Å²) in [6.07, 6.45) is 0. The SMILES string of the molecule is Cc1nc(C)c(C(C)NC(=O)c2cc(F)ccc2N)s1. The van der Waals surface area contributed by atoms with Gasteiger partial charge in [-0.1, -0.05) is 0 Å². The van der Waals surface area contributed by atoms with Gasteiger partial charge in [0.05, 0.1) is 22.3 Å². The molecule has 1 aromatic carbocycles. The molecule has 6 heteroatoms. The molecule has 2 aromatic rings. The number of hydrogen-bond donors (Lipinski definition) is 2. The first-order valence-electron chi connectivity index (χ1n) is 6.18. The standard InChI is InChI=1S/C14H16FN3OS/c1-7-13(20-9(3)17-7)8(2)18-14(19)11-6-10(15)4-5-12(11)16/h4-6,8H,16H2,1-3H3,(H,18,19). The van der Waals surface area contributed by atoms with Crippen LogP contribution in [-0.2, 0) is 0 Å². The highest BCUT2D eigenvalue weighted by molar-refractivity contribution is 7.11. The van der Waals surface area contributed by atoms with Crippen LogP contribution in [0.3, 0.4) is 0 Å². The van der Waals surface area contributed by atoms with Gasteiger partial charge in [-0.05, 0) is 39.0 Å². The van der Waals surface area contributed by atoms with E-state index in [0.29, 0.717) is 0 Å². The van der Waals surface area contributed by atoms with E-state index in [9.17, 15) is 9.18 Å². The molecule has 106 valence electrons. The van der Waals surface area contributed by atoms with Crippen LogP contribution in [0.15, 0.2) is 18.2 Å². The summed E-state index contributed by atoms with van der Waals surface area (Å²) in [7, 11) is 0. The Kier molecular flexibility index (Phi) is 4.04. The lowest BCUT2D eigenvalue weighted by molar-refractivity contribution is 0.0941. The van der Waals surface area contributed by atoms with Crippen molar-refractivity contribution in [3.05, 3.63) is 45.2 Å². The summed E-state index contributed by atoms with van der Waals surface area (Å²) in [5.41, 5.74) is 7.00. The Balaban J connectivity index is 2.19. The molecule has 2 rings (SSSR count). The predicted octanol–water partition coefficient (Wildman–Crippen LogP) is 2.97. The summed E-state index contributed by atoms with van der Waals surface area (Å²) in [6.45, 7) is 5.69. The lowest BCUT2D eigenvalue weighted by Crippen LogP contribution is -2.27. The van der Waals surface area contributed by atoms with Crippen LogP contribution in [-0.4, -0.2) is 10.9 Å². The highest BCUT2D eigenvalue weighted by atomic mass is 32.1. The van der Waals surface area contributed by atoms with Crippen LogP contribution in [0.2, 0.25) is 0 Å². The number of nitrogen functional groups attached to an aromatic ring is 1. The minimum atomic E-state index is -0.484. The zero-order valence-corrected chi connectivity index (χ0v) is 12.3. The number of carbonyl (C=O) groups excluding carboxylic acids is 1. The molecule has 1 unspecified atom stereocenters. The van der Waals surface area contributed by atoms with Crippen molar-refractivity contribution in [2.45, 2.75) is 26.8 Å². The summed E-state index contributed by atoms with van der Waals surface area (Å²) in [5.74, 6) is -0.873. The maximum atomic E-state index is 13.2. The van der Waals surface area contributed by atoms with Gasteiger partial charge in [-0.3, -0.25) is 4.79 Å². The fourth-order valence-corrected chi connectivity index (χ4v) is 2.94. The Morgan fingerprint density at radius 1 is 1.45 bits per heavy atom. The molecule has 3 N–H and O–H groups in total. The molecule has 0 aliphatic carbocycles. The normalized spacial score (nSPS) is 12.2. The minimum absolute atomic E-state index is 0.149. The number of amides is 1. The minimum Gasteiger partial charge on any atom is -0.398 e. The molecule has 0 fully saturated rings. The Morgan fingerprint density at radius 3 is 2.75 bits per heavy atom. The number of rotatable bonds is 3. The smallest absolute Gasteiger partial charge is 0.253 e. The summed E-state index contributed by atoms with van der Waals surface area (Å²) in [5, 5.41) is 3.77. The number of aryl methyl sites for hydroxylation is 2. The number of nitrogens with one attached hydrogen (secondary N) is 1. The van der Waals surface area contributed by atoms with Gasteiger partial charge in [-0.2, -0.15) is 0 Å². The molecule has 0 aliphatic rings. The van der Waals surface area contributed by atoms with Crippen molar-refractivity contribution >= 4 is 22.9 Å². The van der Waals surface area contributed by atoms with Crippen molar-refractivity contribution in [2.75, 3.05) is 5.73 Å². The van der Waals surface area contributed by atoms with E-state index >= 15 is 0 Å². The van der Waals surface area contributed by atoms with E-state index in [2.05, 4.69) is 10.3 Å². The Hall–Kier alpha value is -1.95. The Labute approximate surface area is 120 Å². The quantitative estimate of drug-likeness (QED) is 0.855. The van der Waals surface area contributed by atoms with Gasteiger partial charge in [0.25, 0.3) is 5.91 Å². The second kappa shape index (κ2) is 5.58. The second-order valence-electron chi connectivity index (χ2n) is 4.61. The third kappa shape index (κ3) is 2.96. The van der Waals surface area contributed by atoms with Gasteiger partial charge < -0.3 is 11.1 Å². The van der Waals surface area contributed by atoms with Crippen molar-refractivity contribution in [3.8, 4) is 0 Å². The monoisotopic (exact) mass is 293 g/mol. The second-order valence-corrected chi connectivity index (χ2v) is 5.84. The van der Waals surface area contributed by atoms with Gasteiger partial charge >= 0.3 is 0 Å². The number of halogens is 1. The van der Waals surface area contributed by atoms with Crippen molar-refractivity contribution in [2.24, 2.45) is 0 Å². The first-order chi connectivity index (χ1) is 9.38. The van der Waals surface area contributed by atoms with Gasteiger partial charge in [0.15, 0.2) is 0 Å². The molecule has 0 radical (unpaired) electrons. The molecule has 0 saturated heterocycles. The van der Waals surface area contributed by atoms with E-state index in [1.165, 1.54) is 23.5 Å².